The number of hydrogen-bond acceptors (Lipinski definition) is 17. The van der Waals surface area contributed by atoms with E-state index in [1.54, 1.807) is 6.33 Å². The van der Waals surface area contributed by atoms with Crippen molar-refractivity contribution >= 4 is 47.0 Å². The summed E-state index contributed by atoms with van der Waals surface area (Å²) in [6.07, 6.45) is 17.2. The van der Waals surface area contributed by atoms with Crippen LogP contribution in [-0.2, 0) is 19.6 Å². The molecule has 0 fully saturated rings. The fourth-order valence-corrected chi connectivity index (χ4v) is 12.1. The number of hydrogen-bond donors (Lipinski definition) is 1. The summed E-state index contributed by atoms with van der Waals surface area (Å²) in [7, 11) is 10.6. The molecule has 0 atom stereocenters. The quantitative estimate of drug-likeness (QED) is 0.0433. The van der Waals surface area contributed by atoms with Gasteiger partial charge in [0.15, 0.2) is 0 Å². The minimum atomic E-state index is 0.200. The van der Waals surface area contributed by atoms with E-state index >= 15 is 0 Å². The number of hydrazone groups is 2. The van der Waals surface area contributed by atoms with E-state index in [1.165, 1.54) is 29.6 Å². The maximum Gasteiger partial charge on any atom is 0.238 e. The normalized spacial score (nSPS) is 12.2. The maximum atomic E-state index is 8.82. The summed E-state index contributed by atoms with van der Waals surface area (Å²) < 4.78 is 26.4. The standard InChI is InChI=1S/C20H24N3O.C17H26N3O.2C15H18N4.C14H16N4S/c1-3-15-22(2)16-18-13-14-21-23(18)17-9-11-20(12-10-17)24-19-7-5-4-6-8-19;1-5-12-19(4)13-16-10-11-18-20(16)15-6-8-17(9-7-15)21-14(2)3;1-3-8-18(2)11-15-10-17-12-19(15)14-6-4-13(9-16)5-7-14;1-3-8-19(2)10-14-15(18-11-17-14)13-6-4-12(9-16)5-7-13;1-3-8-18(2)10-13-14(17-19-16-13)12-6-4-11(9-15)5-7-12/h4-12,14H,3,13,15-16H2,1-2H3;6-9,11,14H,5,10,12-13H2,1-4H3;4-7,10,12H,3,8,11H2,1-2H3;4-7,11H,3,8,10H2,1-2H3,(H,17,18);4-7H,3,8,10H2,1-2H3/q2*+1;;;. The SMILES string of the molecule is CCCN(C)CC1=[N+](c2ccc(OC(C)C)cc2)N=CC1.CCCN(C)CC1=[N+](c2ccc(Oc3ccccc3)cc2)N=CC1.CCCN(C)Cc1[nH]cnc1-c1ccc(C#N)cc1.CCCN(C)Cc1cncn1-c1ccc(C#N)cc1.CCCN(C)Cc1nsnc1-c1ccc(C#N)cc1. The number of rotatable bonds is 29. The molecule has 102 heavy (non-hydrogen) atoms. The number of H-pyrrole nitrogens is 1. The smallest absolute Gasteiger partial charge is 0.238 e. The van der Waals surface area contributed by atoms with Crippen molar-refractivity contribution in [1.82, 2.24) is 52.8 Å². The van der Waals surface area contributed by atoms with Gasteiger partial charge in [-0.1, -0.05) is 86.5 Å². The third-order valence-corrected chi connectivity index (χ3v) is 16.8. The third kappa shape index (κ3) is 25.5. The second kappa shape index (κ2) is 42.8. The monoisotopic (exact) mass is 1390 g/mol. The second-order valence-electron chi connectivity index (χ2n) is 25.6. The zero-order valence-electron chi connectivity index (χ0n) is 61.7. The minimum Gasteiger partial charge on any atom is -0.491 e. The van der Waals surface area contributed by atoms with Crippen molar-refractivity contribution in [3.63, 3.8) is 0 Å². The van der Waals surface area contributed by atoms with Crippen LogP contribution in [0.3, 0.4) is 0 Å². The highest BCUT2D eigenvalue weighted by atomic mass is 32.1. The van der Waals surface area contributed by atoms with Crippen molar-refractivity contribution < 1.29 is 18.8 Å². The van der Waals surface area contributed by atoms with Crippen LogP contribution in [-0.4, -0.2) is 173 Å². The number of nitriles is 3. The molecule has 6 aromatic carbocycles. The highest BCUT2D eigenvalue weighted by molar-refractivity contribution is 6.99. The molecule has 0 radical (unpaired) electrons. The third-order valence-electron chi connectivity index (χ3n) is 16.2. The molecule has 2 aliphatic heterocycles. The zero-order valence-corrected chi connectivity index (χ0v) is 62.6. The summed E-state index contributed by atoms with van der Waals surface area (Å²) in [4.78, 5) is 23.3. The number of benzene rings is 6. The summed E-state index contributed by atoms with van der Waals surface area (Å²) >= 11 is 1.24. The zero-order chi connectivity index (χ0) is 73.0. The van der Waals surface area contributed by atoms with Gasteiger partial charge in [-0.3, -0.25) is 9.80 Å². The lowest BCUT2D eigenvalue weighted by atomic mass is 10.1. The van der Waals surface area contributed by atoms with Crippen LogP contribution < -0.4 is 9.47 Å². The number of imidazole rings is 2. The molecule has 0 amide bonds. The van der Waals surface area contributed by atoms with Crippen LogP contribution in [0.25, 0.3) is 28.2 Å². The second-order valence-corrected chi connectivity index (χ2v) is 26.1. The van der Waals surface area contributed by atoms with Crippen LogP contribution in [0.2, 0.25) is 0 Å². The number of nitrogens with one attached hydrogen (secondary N) is 1. The van der Waals surface area contributed by atoms with Gasteiger partial charge in [0.05, 0.1) is 127 Å². The molecule has 0 bridgehead atoms. The molecule has 21 heteroatoms. The molecule has 532 valence electrons. The molecular formula is C81H102N18O2S+2. The Kier molecular flexibility index (Phi) is 33.3. The average molecular weight is 1390 g/mol. The Morgan fingerprint density at radius 1 is 0.510 bits per heavy atom. The highest BCUT2D eigenvalue weighted by Gasteiger charge is 2.25. The predicted octanol–water partition coefficient (Wildman–Crippen LogP) is 15.9. The molecule has 0 unspecified atom stereocenters. The van der Waals surface area contributed by atoms with Gasteiger partial charge in [0.2, 0.25) is 22.8 Å². The van der Waals surface area contributed by atoms with Gasteiger partial charge in [-0.05, 0) is 209 Å². The molecule has 0 aliphatic carbocycles. The van der Waals surface area contributed by atoms with E-state index in [4.69, 9.17) is 25.3 Å². The number of para-hydroxylation sites is 1. The van der Waals surface area contributed by atoms with E-state index in [0.717, 1.165) is 178 Å². The Hall–Kier alpha value is -10.2. The minimum absolute atomic E-state index is 0.200. The molecule has 11 rings (SSSR count). The van der Waals surface area contributed by atoms with Crippen LogP contribution in [0.4, 0.5) is 11.4 Å². The summed E-state index contributed by atoms with van der Waals surface area (Å²) in [5.41, 5.74) is 15.1. The molecule has 2 aliphatic rings. The molecule has 0 saturated carbocycles. The van der Waals surface area contributed by atoms with Crippen LogP contribution in [0, 0.1) is 34.0 Å². The van der Waals surface area contributed by atoms with Gasteiger partial charge in [-0.25, -0.2) is 9.97 Å². The van der Waals surface area contributed by atoms with Gasteiger partial charge < -0.3 is 33.7 Å². The molecule has 20 nitrogen and oxygen atoms in total. The molecule has 0 saturated heterocycles. The fourth-order valence-electron chi connectivity index (χ4n) is 11.5. The Morgan fingerprint density at radius 3 is 1.43 bits per heavy atom. The number of aromatic nitrogens is 6. The lowest BCUT2D eigenvalue weighted by Crippen LogP contribution is -2.29. The number of nitrogens with zero attached hydrogens (tertiary/aromatic N) is 17. The first-order chi connectivity index (χ1) is 49.6. The van der Waals surface area contributed by atoms with E-state index in [-0.39, 0.29) is 6.10 Å². The molecule has 3 aromatic heterocycles. The van der Waals surface area contributed by atoms with Crippen molar-refractivity contribution in [2.45, 2.75) is 119 Å². The lowest BCUT2D eigenvalue weighted by Gasteiger charge is -2.16. The van der Waals surface area contributed by atoms with Gasteiger partial charge in [-0.2, -0.15) is 24.5 Å². The van der Waals surface area contributed by atoms with Crippen molar-refractivity contribution in [2.75, 3.05) is 81.1 Å². The summed E-state index contributed by atoms with van der Waals surface area (Å²) in [6.45, 7) is 24.8. The average Bonchev–Trinajstić information content (AvgIpc) is 1.67. The number of ether oxygens (including phenoxy) is 2. The van der Waals surface area contributed by atoms with Crippen molar-refractivity contribution in [2.24, 2.45) is 10.2 Å². The Morgan fingerprint density at radius 2 is 0.951 bits per heavy atom. The first kappa shape index (κ1) is 79.2. The Bertz CT molecular complexity index is 3940. The van der Waals surface area contributed by atoms with Crippen LogP contribution in [0.1, 0.15) is 127 Å². The first-order valence-electron chi connectivity index (χ1n) is 35.3. The van der Waals surface area contributed by atoms with Gasteiger partial charge in [0, 0.05) is 66.9 Å². The largest absolute Gasteiger partial charge is 0.491 e. The maximum absolute atomic E-state index is 8.82. The fraction of sp³-hybridized carbons (Fsp3) is 0.370. The summed E-state index contributed by atoms with van der Waals surface area (Å²) in [5.74, 6) is 2.58. The van der Waals surface area contributed by atoms with E-state index in [9.17, 15) is 0 Å². The molecule has 5 heterocycles. The van der Waals surface area contributed by atoms with E-state index in [0.29, 0.717) is 16.7 Å². The van der Waals surface area contributed by atoms with Crippen LogP contribution in [0.15, 0.2) is 181 Å². The van der Waals surface area contributed by atoms with Gasteiger partial charge in [0.1, 0.15) is 22.9 Å². The molecular weight excluding hydrogens is 1290 g/mol. The topological polar surface area (TPSA) is 209 Å². The van der Waals surface area contributed by atoms with Crippen LogP contribution in [0.5, 0.6) is 17.2 Å². The van der Waals surface area contributed by atoms with E-state index < -0.39 is 0 Å². The van der Waals surface area contributed by atoms with Gasteiger partial charge >= 0.3 is 0 Å². The molecule has 9 aromatic rings. The Balaban J connectivity index is 0.000000179. The Labute approximate surface area is 609 Å². The van der Waals surface area contributed by atoms with Gasteiger partial charge in [-0.15, -0.1) is 0 Å². The van der Waals surface area contributed by atoms with Crippen molar-refractivity contribution in [3.05, 3.63) is 204 Å². The predicted molar refractivity (Wildman–Crippen MR) is 414 cm³/mol. The van der Waals surface area contributed by atoms with Gasteiger partial charge in [0.25, 0.3) is 0 Å². The van der Waals surface area contributed by atoms with Crippen LogP contribution >= 0.6 is 11.7 Å². The summed E-state index contributed by atoms with van der Waals surface area (Å²) in [5, 5.41) is 35.5. The summed E-state index contributed by atoms with van der Waals surface area (Å²) in [6, 6.07) is 55.0. The van der Waals surface area contributed by atoms with E-state index in [1.807, 2.05) is 176 Å². The van der Waals surface area contributed by atoms with E-state index in [2.05, 4.69) is 175 Å². The first-order valence-corrected chi connectivity index (χ1v) is 36.1. The van der Waals surface area contributed by atoms with Crippen molar-refractivity contribution in [1.29, 1.82) is 15.8 Å². The van der Waals surface area contributed by atoms with Crippen molar-refractivity contribution in [3.8, 4) is 63.7 Å². The highest BCUT2D eigenvalue weighted by Crippen LogP contribution is 2.28. The molecule has 0 spiro atoms. The molecule has 1 N–H and O–H groups in total. The number of aromatic amines is 1. The lowest BCUT2D eigenvalue weighted by molar-refractivity contribution is -0.443.